The predicted octanol–water partition coefficient (Wildman–Crippen LogP) is 1.73. The molecule has 72 valence electrons. The summed E-state index contributed by atoms with van der Waals surface area (Å²) >= 11 is 10.1. The largest absolute Gasteiger partial charge is 0.368 e. The van der Waals surface area contributed by atoms with E-state index in [0.717, 1.165) is 17.2 Å². The molecular weight excluding hydrogens is 222 g/mol. The third-order valence-electron chi connectivity index (χ3n) is 1.28. The third kappa shape index (κ3) is 4.10. The number of hydrogen-bond acceptors (Lipinski definition) is 6. The van der Waals surface area contributed by atoms with Crippen molar-refractivity contribution in [3.8, 4) is 0 Å². The highest BCUT2D eigenvalue weighted by atomic mass is 32.2. The number of nitrogen functional groups attached to an aromatic ring is 1. The smallest absolute Gasteiger partial charge is 0.221 e. The van der Waals surface area contributed by atoms with E-state index in [9.17, 15) is 0 Å². The molecule has 0 aliphatic carbocycles. The van der Waals surface area contributed by atoms with Crippen LogP contribution in [0.4, 0.5) is 5.95 Å². The molecule has 1 atom stereocenters. The van der Waals surface area contributed by atoms with Crippen LogP contribution in [0.1, 0.15) is 6.42 Å². The number of nitrogens with two attached hydrogens (primary N) is 1. The number of aromatic nitrogens is 2. The van der Waals surface area contributed by atoms with E-state index in [1.165, 1.54) is 0 Å². The van der Waals surface area contributed by atoms with Gasteiger partial charge in [-0.25, -0.2) is 9.97 Å². The Morgan fingerprint density at radius 3 is 3.00 bits per heavy atom. The van der Waals surface area contributed by atoms with Crippen molar-refractivity contribution in [2.24, 2.45) is 0 Å². The summed E-state index contributed by atoms with van der Waals surface area (Å²) < 4.78 is 0.215. The average Bonchev–Trinajstić information content (AvgIpc) is 2.04. The van der Waals surface area contributed by atoms with E-state index in [-0.39, 0.29) is 4.58 Å². The van der Waals surface area contributed by atoms with Crippen LogP contribution in [0.5, 0.6) is 0 Å². The molecule has 0 aliphatic rings. The molecular formula is C7H11N3S3. The number of anilines is 1. The molecule has 0 aromatic carbocycles. The van der Waals surface area contributed by atoms with Crippen molar-refractivity contribution in [3.63, 3.8) is 0 Å². The minimum absolute atomic E-state index is 0.215. The van der Waals surface area contributed by atoms with Gasteiger partial charge in [-0.3, -0.25) is 0 Å². The van der Waals surface area contributed by atoms with Gasteiger partial charge in [-0.2, -0.15) is 25.3 Å². The molecule has 0 saturated heterocycles. The van der Waals surface area contributed by atoms with E-state index in [0.29, 0.717) is 5.95 Å². The fourth-order valence-corrected chi connectivity index (χ4v) is 2.62. The summed E-state index contributed by atoms with van der Waals surface area (Å²) in [5.41, 5.74) is 5.43. The van der Waals surface area contributed by atoms with Gasteiger partial charge >= 0.3 is 0 Å². The van der Waals surface area contributed by atoms with E-state index in [2.05, 4.69) is 35.2 Å². The topological polar surface area (TPSA) is 51.8 Å². The zero-order chi connectivity index (χ0) is 9.68. The van der Waals surface area contributed by atoms with Crippen LogP contribution in [0.15, 0.2) is 17.3 Å². The molecule has 0 saturated carbocycles. The zero-order valence-electron chi connectivity index (χ0n) is 6.92. The molecule has 0 amide bonds. The monoisotopic (exact) mass is 233 g/mol. The van der Waals surface area contributed by atoms with Crippen LogP contribution in [0.3, 0.4) is 0 Å². The molecule has 3 nitrogen and oxygen atoms in total. The maximum absolute atomic E-state index is 5.43. The average molecular weight is 233 g/mol. The van der Waals surface area contributed by atoms with Gasteiger partial charge in [0.05, 0.1) is 4.58 Å². The summed E-state index contributed by atoms with van der Waals surface area (Å²) in [5, 5.41) is 0.856. The maximum atomic E-state index is 5.43. The predicted molar refractivity (Wildman–Crippen MR) is 63.5 cm³/mol. The molecule has 1 rings (SSSR count). The molecule has 0 spiro atoms. The van der Waals surface area contributed by atoms with Crippen LogP contribution in [-0.4, -0.2) is 20.3 Å². The van der Waals surface area contributed by atoms with E-state index in [1.807, 2.05) is 6.07 Å². The molecule has 1 heterocycles. The van der Waals surface area contributed by atoms with Crippen molar-refractivity contribution in [1.82, 2.24) is 9.97 Å². The van der Waals surface area contributed by atoms with Gasteiger partial charge in [0.15, 0.2) is 0 Å². The Morgan fingerprint density at radius 1 is 1.62 bits per heavy atom. The second-order valence-electron chi connectivity index (χ2n) is 2.34. The van der Waals surface area contributed by atoms with Crippen LogP contribution >= 0.6 is 37.0 Å². The first-order chi connectivity index (χ1) is 6.22. The Bertz CT molecular complexity index is 269. The molecule has 0 aliphatic heterocycles. The lowest BCUT2D eigenvalue weighted by atomic mass is 10.6. The lowest BCUT2D eigenvalue weighted by Crippen LogP contribution is -1.98. The van der Waals surface area contributed by atoms with E-state index >= 15 is 0 Å². The van der Waals surface area contributed by atoms with Crippen LogP contribution in [0, 0.1) is 0 Å². The molecule has 0 bridgehead atoms. The van der Waals surface area contributed by atoms with Gasteiger partial charge in [-0.05, 0) is 18.2 Å². The summed E-state index contributed by atoms with van der Waals surface area (Å²) in [6.07, 6.45) is 2.58. The number of thioether (sulfide) groups is 1. The first kappa shape index (κ1) is 11.0. The van der Waals surface area contributed by atoms with Crippen LogP contribution in [0.2, 0.25) is 0 Å². The second-order valence-corrected chi connectivity index (χ2v) is 4.98. The number of nitrogens with zero attached hydrogens (tertiary/aromatic N) is 2. The number of hydrogen-bond donors (Lipinski definition) is 3. The van der Waals surface area contributed by atoms with Gasteiger partial charge in [0.25, 0.3) is 0 Å². The van der Waals surface area contributed by atoms with Gasteiger partial charge < -0.3 is 5.73 Å². The lowest BCUT2D eigenvalue weighted by Gasteiger charge is -2.07. The van der Waals surface area contributed by atoms with Crippen LogP contribution in [0.25, 0.3) is 0 Å². The summed E-state index contributed by atoms with van der Waals surface area (Å²) in [6.45, 7) is 0. The second kappa shape index (κ2) is 5.62. The minimum atomic E-state index is 0.215. The molecule has 0 radical (unpaired) electrons. The quantitative estimate of drug-likeness (QED) is 0.321. The Labute approximate surface area is 92.7 Å². The maximum Gasteiger partial charge on any atom is 0.221 e. The minimum Gasteiger partial charge on any atom is -0.368 e. The van der Waals surface area contributed by atoms with Crippen molar-refractivity contribution in [1.29, 1.82) is 0 Å². The van der Waals surface area contributed by atoms with E-state index < -0.39 is 0 Å². The van der Waals surface area contributed by atoms with Crippen molar-refractivity contribution >= 4 is 43.0 Å². The Balaban J connectivity index is 2.53. The van der Waals surface area contributed by atoms with Gasteiger partial charge in [-0.1, -0.05) is 11.8 Å². The van der Waals surface area contributed by atoms with E-state index in [4.69, 9.17) is 5.73 Å². The fraction of sp³-hybridized carbons (Fsp3) is 0.429. The molecule has 13 heavy (non-hydrogen) atoms. The lowest BCUT2D eigenvalue weighted by molar-refractivity contribution is 1.04. The first-order valence-electron chi connectivity index (χ1n) is 3.76. The molecule has 6 heteroatoms. The molecule has 1 aromatic heterocycles. The van der Waals surface area contributed by atoms with Crippen LogP contribution < -0.4 is 5.73 Å². The van der Waals surface area contributed by atoms with Crippen molar-refractivity contribution < 1.29 is 0 Å². The molecule has 2 N–H and O–H groups in total. The van der Waals surface area contributed by atoms with Crippen molar-refractivity contribution in [2.45, 2.75) is 16.0 Å². The Hall–Kier alpha value is -0.0700. The zero-order valence-corrected chi connectivity index (χ0v) is 9.53. The highest BCUT2D eigenvalue weighted by molar-refractivity contribution is 8.10. The van der Waals surface area contributed by atoms with Crippen molar-refractivity contribution in [2.75, 3.05) is 11.5 Å². The summed E-state index contributed by atoms with van der Waals surface area (Å²) in [6, 6.07) is 1.82. The first-order valence-corrected chi connectivity index (χ1v) is 5.79. The van der Waals surface area contributed by atoms with Gasteiger partial charge in [0.2, 0.25) is 5.95 Å². The molecule has 1 unspecified atom stereocenters. The summed E-state index contributed by atoms with van der Waals surface area (Å²) in [7, 11) is 0. The summed E-state index contributed by atoms with van der Waals surface area (Å²) in [5.74, 6) is 1.12. The Kier molecular flexibility index (Phi) is 4.76. The highest BCUT2D eigenvalue weighted by Gasteiger charge is 2.05. The van der Waals surface area contributed by atoms with Crippen molar-refractivity contribution in [3.05, 3.63) is 12.3 Å². The third-order valence-corrected chi connectivity index (χ3v) is 3.09. The Morgan fingerprint density at radius 2 is 2.38 bits per heavy atom. The standard InChI is InChI=1S/C7H11N3S3/c8-7-9-3-1-5(10-7)13-6(12)2-4-11/h1,3,6,11-12H,2,4H2,(H2,8,9,10). The SMILES string of the molecule is Nc1nccc(SC(S)CCS)n1. The van der Waals surface area contributed by atoms with Crippen LogP contribution in [-0.2, 0) is 0 Å². The van der Waals surface area contributed by atoms with Gasteiger partial charge in [-0.15, -0.1) is 0 Å². The normalized spacial score (nSPS) is 12.8. The number of rotatable bonds is 4. The fourth-order valence-electron chi connectivity index (χ4n) is 0.731. The highest BCUT2D eigenvalue weighted by Crippen LogP contribution is 2.26. The van der Waals surface area contributed by atoms with E-state index in [1.54, 1.807) is 18.0 Å². The molecule has 0 fully saturated rings. The summed E-state index contributed by atoms with van der Waals surface area (Å²) in [4.78, 5) is 7.86. The molecule has 1 aromatic rings. The van der Waals surface area contributed by atoms with Gasteiger partial charge in [0.1, 0.15) is 5.03 Å². The number of thiol groups is 2. The van der Waals surface area contributed by atoms with Gasteiger partial charge in [0, 0.05) is 6.20 Å².